The first-order valence-electron chi connectivity index (χ1n) is 5.36. The molecule has 0 saturated carbocycles. The van der Waals surface area contributed by atoms with Crippen molar-refractivity contribution >= 4 is 5.91 Å². The van der Waals surface area contributed by atoms with Gasteiger partial charge in [-0.2, -0.15) is 0 Å². The third-order valence-corrected chi connectivity index (χ3v) is 2.41. The molecule has 0 aliphatic rings. The van der Waals surface area contributed by atoms with Gasteiger partial charge in [-0.25, -0.2) is 0 Å². The van der Waals surface area contributed by atoms with Crippen molar-refractivity contribution in [3.8, 4) is 0 Å². The molecule has 0 spiro atoms. The van der Waals surface area contributed by atoms with E-state index in [0.717, 1.165) is 11.4 Å². The Morgan fingerprint density at radius 1 is 1.50 bits per heavy atom. The Bertz CT molecular complexity index is 362. The minimum absolute atomic E-state index is 0.0348. The molecule has 1 unspecified atom stereocenters. The SMILES string of the molecule is C=CCNC(=O)C(C)Nn1c(C)ccc1C. The topological polar surface area (TPSA) is 46.1 Å². The van der Waals surface area contributed by atoms with E-state index >= 15 is 0 Å². The Morgan fingerprint density at radius 3 is 2.56 bits per heavy atom. The fourth-order valence-corrected chi connectivity index (χ4v) is 1.45. The van der Waals surface area contributed by atoms with Crippen LogP contribution in [-0.4, -0.2) is 23.2 Å². The molecule has 4 nitrogen and oxygen atoms in total. The van der Waals surface area contributed by atoms with E-state index in [4.69, 9.17) is 0 Å². The summed E-state index contributed by atoms with van der Waals surface area (Å²) in [6.07, 6.45) is 1.66. The lowest BCUT2D eigenvalue weighted by molar-refractivity contribution is -0.121. The molecular weight excluding hydrogens is 202 g/mol. The first-order chi connectivity index (χ1) is 7.56. The van der Waals surface area contributed by atoms with Crippen molar-refractivity contribution in [1.82, 2.24) is 9.99 Å². The van der Waals surface area contributed by atoms with Crippen LogP contribution in [0, 0.1) is 13.8 Å². The van der Waals surface area contributed by atoms with E-state index in [2.05, 4.69) is 17.3 Å². The molecule has 2 N–H and O–H groups in total. The average molecular weight is 221 g/mol. The summed E-state index contributed by atoms with van der Waals surface area (Å²) in [5, 5.41) is 2.75. The lowest BCUT2D eigenvalue weighted by atomic mass is 10.3. The molecule has 1 atom stereocenters. The molecule has 0 aliphatic carbocycles. The van der Waals surface area contributed by atoms with Gasteiger partial charge in [0.2, 0.25) is 5.91 Å². The summed E-state index contributed by atoms with van der Waals surface area (Å²) in [5.41, 5.74) is 5.31. The molecule has 0 saturated heterocycles. The lowest BCUT2D eigenvalue weighted by Gasteiger charge is -2.18. The molecule has 1 heterocycles. The van der Waals surface area contributed by atoms with Gasteiger partial charge in [0.15, 0.2) is 0 Å². The fraction of sp³-hybridized carbons (Fsp3) is 0.417. The van der Waals surface area contributed by atoms with Crippen LogP contribution in [-0.2, 0) is 4.79 Å². The first-order valence-corrected chi connectivity index (χ1v) is 5.36. The first kappa shape index (κ1) is 12.4. The molecule has 1 aromatic rings. The minimum Gasteiger partial charge on any atom is -0.351 e. The van der Waals surface area contributed by atoms with Crippen LogP contribution in [0.4, 0.5) is 0 Å². The maximum absolute atomic E-state index is 11.6. The van der Waals surface area contributed by atoms with E-state index in [1.165, 1.54) is 0 Å². The van der Waals surface area contributed by atoms with Crippen molar-refractivity contribution in [3.63, 3.8) is 0 Å². The van der Waals surface area contributed by atoms with Gasteiger partial charge in [-0.1, -0.05) is 6.08 Å². The zero-order valence-corrected chi connectivity index (χ0v) is 10.1. The lowest BCUT2D eigenvalue weighted by Crippen LogP contribution is -2.41. The fourth-order valence-electron chi connectivity index (χ4n) is 1.45. The van der Waals surface area contributed by atoms with E-state index in [9.17, 15) is 4.79 Å². The van der Waals surface area contributed by atoms with Gasteiger partial charge in [0.1, 0.15) is 6.04 Å². The van der Waals surface area contributed by atoms with Crippen molar-refractivity contribution < 1.29 is 4.79 Å². The van der Waals surface area contributed by atoms with Crippen LogP contribution in [0.1, 0.15) is 18.3 Å². The zero-order chi connectivity index (χ0) is 12.1. The van der Waals surface area contributed by atoms with Crippen LogP contribution in [0.15, 0.2) is 24.8 Å². The number of aromatic nitrogens is 1. The number of hydrogen-bond acceptors (Lipinski definition) is 2. The van der Waals surface area contributed by atoms with Crippen LogP contribution >= 0.6 is 0 Å². The quantitative estimate of drug-likeness (QED) is 0.737. The Morgan fingerprint density at radius 2 is 2.06 bits per heavy atom. The molecule has 16 heavy (non-hydrogen) atoms. The Kier molecular flexibility index (Phi) is 4.17. The predicted octanol–water partition coefficient (Wildman–Crippen LogP) is 1.34. The number of nitrogens with zero attached hydrogens (tertiary/aromatic N) is 1. The molecule has 1 amide bonds. The second-order valence-corrected chi connectivity index (χ2v) is 3.84. The predicted molar refractivity (Wildman–Crippen MR) is 65.9 cm³/mol. The number of nitrogens with one attached hydrogen (secondary N) is 2. The highest BCUT2D eigenvalue weighted by Crippen LogP contribution is 2.04. The maximum Gasteiger partial charge on any atom is 0.244 e. The molecule has 0 bridgehead atoms. The van der Waals surface area contributed by atoms with E-state index in [-0.39, 0.29) is 11.9 Å². The van der Waals surface area contributed by atoms with Crippen molar-refractivity contribution in [2.24, 2.45) is 0 Å². The second-order valence-electron chi connectivity index (χ2n) is 3.84. The van der Waals surface area contributed by atoms with Crippen molar-refractivity contribution in [2.45, 2.75) is 26.8 Å². The third-order valence-electron chi connectivity index (χ3n) is 2.41. The summed E-state index contributed by atoms with van der Waals surface area (Å²) in [6, 6.07) is 3.75. The standard InChI is InChI=1S/C12H19N3O/c1-5-8-13-12(16)11(4)14-15-9(2)6-7-10(15)3/h5-7,11,14H,1,8H2,2-4H3,(H,13,16). The summed E-state index contributed by atoms with van der Waals surface area (Å²) in [6.45, 7) is 9.87. The van der Waals surface area contributed by atoms with Crippen molar-refractivity contribution in [2.75, 3.05) is 12.0 Å². The molecule has 0 fully saturated rings. The van der Waals surface area contributed by atoms with Crippen LogP contribution < -0.4 is 10.7 Å². The summed E-state index contributed by atoms with van der Waals surface area (Å²) in [5.74, 6) is -0.0348. The molecule has 0 radical (unpaired) electrons. The van der Waals surface area contributed by atoms with Crippen molar-refractivity contribution in [1.29, 1.82) is 0 Å². The molecule has 88 valence electrons. The number of amides is 1. The normalized spacial score (nSPS) is 11.9. The average Bonchev–Trinajstić information content (AvgIpc) is 2.57. The smallest absolute Gasteiger partial charge is 0.244 e. The summed E-state index contributed by atoms with van der Waals surface area (Å²) in [4.78, 5) is 11.6. The highest BCUT2D eigenvalue weighted by molar-refractivity contribution is 5.82. The van der Waals surface area contributed by atoms with Crippen LogP contribution in [0.3, 0.4) is 0 Å². The van der Waals surface area contributed by atoms with E-state index in [0.29, 0.717) is 6.54 Å². The van der Waals surface area contributed by atoms with Gasteiger partial charge < -0.3 is 10.7 Å². The van der Waals surface area contributed by atoms with Gasteiger partial charge >= 0.3 is 0 Å². The van der Waals surface area contributed by atoms with Crippen LogP contribution in [0.5, 0.6) is 0 Å². The highest BCUT2D eigenvalue weighted by Gasteiger charge is 2.12. The van der Waals surface area contributed by atoms with E-state index < -0.39 is 0 Å². The summed E-state index contributed by atoms with van der Waals surface area (Å²) >= 11 is 0. The summed E-state index contributed by atoms with van der Waals surface area (Å²) < 4.78 is 1.91. The highest BCUT2D eigenvalue weighted by atomic mass is 16.2. The number of rotatable bonds is 5. The Hall–Kier alpha value is -1.71. The molecule has 0 aromatic carbocycles. The monoisotopic (exact) mass is 221 g/mol. The molecule has 1 rings (SSSR count). The molecule has 4 heteroatoms. The van der Waals surface area contributed by atoms with Gasteiger partial charge in [-0.15, -0.1) is 6.58 Å². The van der Waals surface area contributed by atoms with Gasteiger partial charge in [-0.3, -0.25) is 9.47 Å². The summed E-state index contributed by atoms with van der Waals surface area (Å²) in [7, 11) is 0. The maximum atomic E-state index is 11.6. The van der Waals surface area contributed by atoms with Crippen LogP contribution in [0.25, 0.3) is 0 Å². The van der Waals surface area contributed by atoms with Gasteiger partial charge in [0, 0.05) is 17.9 Å². The Balaban J connectivity index is 2.60. The van der Waals surface area contributed by atoms with E-state index in [1.54, 1.807) is 6.08 Å². The number of aryl methyl sites for hydroxylation is 2. The van der Waals surface area contributed by atoms with Gasteiger partial charge in [0.25, 0.3) is 0 Å². The van der Waals surface area contributed by atoms with Gasteiger partial charge in [0.05, 0.1) is 0 Å². The largest absolute Gasteiger partial charge is 0.351 e. The zero-order valence-electron chi connectivity index (χ0n) is 10.1. The van der Waals surface area contributed by atoms with Gasteiger partial charge in [-0.05, 0) is 32.9 Å². The van der Waals surface area contributed by atoms with Crippen molar-refractivity contribution in [3.05, 3.63) is 36.2 Å². The molecule has 1 aromatic heterocycles. The number of hydrogen-bond donors (Lipinski definition) is 2. The molecule has 0 aliphatic heterocycles. The Labute approximate surface area is 96.3 Å². The number of carbonyl (C=O) groups excluding carboxylic acids is 1. The second kappa shape index (κ2) is 5.39. The third kappa shape index (κ3) is 2.89. The van der Waals surface area contributed by atoms with E-state index in [1.807, 2.05) is 37.6 Å². The number of carbonyl (C=O) groups is 1. The molecular formula is C12H19N3O. The minimum atomic E-state index is -0.273. The van der Waals surface area contributed by atoms with Crippen LogP contribution in [0.2, 0.25) is 0 Å².